The van der Waals surface area contributed by atoms with Crippen LogP contribution >= 0.6 is 0 Å². The highest BCUT2D eigenvalue weighted by Gasteiger charge is 2.11. The SMILES string of the molecule is CNC(=O)CS(=O)c1ccc(C)cc1N. The van der Waals surface area contributed by atoms with Crippen LogP contribution in [0.4, 0.5) is 5.69 Å². The number of carbonyl (C=O) groups is 1. The Morgan fingerprint density at radius 1 is 1.53 bits per heavy atom. The Balaban J connectivity index is 2.87. The first-order valence-electron chi connectivity index (χ1n) is 4.49. The molecule has 0 saturated carbocycles. The Kier molecular flexibility index (Phi) is 3.85. The molecule has 0 spiro atoms. The van der Waals surface area contributed by atoms with Crippen LogP contribution in [0.3, 0.4) is 0 Å². The Morgan fingerprint density at radius 3 is 2.73 bits per heavy atom. The molecular weight excluding hydrogens is 212 g/mol. The number of nitrogen functional groups attached to an aromatic ring is 1. The van der Waals surface area contributed by atoms with Gasteiger partial charge in [-0.2, -0.15) is 0 Å². The molecule has 0 aliphatic heterocycles. The molecule has 0 saturated heterocycles. The fraction of sp³-hybridized carbons (Fsp3) is 0.300. The maximum atomic E-state index is 11.7. The van der Waals surface area contributed by atoms with E-state index in [2.05, 4.69) is 5.32 Å². The third kappa shape index (κ3) is 3.06. The van der Waals surface area contributed by atoms with Crippen molar-refractivity contribution in [2.75, 3.05) is 18.5 Å². The molecule has 1 amide bonds. The number of anilines is 1. The average molecular weight is 226 g/mol. The van der Waals surface area contributed by atoms with E-state index in [1.54, 1.807) is 12.1 Å². The first-order valence-corrected chi connectivity index (χ1v) is 5.81. The van der Waals surface area contributed by atoms with Gasteiger partial charge in [-0.25, -0.2) is 0 Å². The number of nitrogens with two attached hydrogens (primary N) is 1. The van der Waals surface area contributed by atoms with Crippen LogP contribution in [-0.2, 0) is 15.6 Å². The molecule has 4 nitrogen and oxygen atoms in total. The van der Waals surface area contributed by atoms with Gasteiger partial charge in [0.1, 0.15) is 5.75 Å². The van der Waals surface area contributed by atoms with Crippen molar-refractivity contribution in [3.8, 4) is 0 Å². The van der Waals surface area contributed by atoms with E-state index in [9.17, 15) is 9.00 Å². The second-order valence-electron chi connectivity index (χ2n) is 3.20. The maximum absolute atomic E-state index is 11.7. The van der Waals surface area contributed by atoms with Crippen LogP contribution in [0.2, 0.25) is 0 Å². The molecule has 0 fully saturated rings. The van der Waals surface area contributed by atoms with Crippen LogP contribution in [0.5, 0.6) is 0 Å². The predicted octanol–water partition coefficient (Wildman–Crippen LogP) is 0.431. The van der Waals surface area contributed by atoms with Gasteiger partial charge in [0, 0.05) is 12.7 Å². The molecule has 15 heavy (non-hydrogen) atoms. The summed E-state index contributed by atoms with van der Waals surface area (Å²) in [5.41, 5.74) is 7.19. The predicted molar refractivity (Wildman–Crippen MR) is 60.9 cm³/mol. The normalized spacial score (nSPS) is 12.1. The Bertz CT molecular complexity index is 404. The maximum Gasteiger partial charge on any atom is 0.232 e. The molecule has 1 unspecified atom stereocenters. The largest absolute Gasteiger partial charge is 0.398 e. The Labute approximate surface area is 91.3 Å². The van der Waals surface area contributed by atoms with E-state index in [1.165, 1.54) is 7.05 Å². The minimum atomic E-state index is -1.37. The van der Waals surface area contributed by atoms with Gasteiger partial charge in [0.2, 0.25) is 5.91 Å². The standard InChI is InChI=1S/C10H14N2O2S/c1-7-3-4-9(8(11)5-7)15(14)6-10(13)12-2/h3-5H,6,11H2,1-2H3,(H,12,13). The van der Waals surface area contributed by atoms with Gasteiger partial charge in [0.25, 0.3) is 0 Å². The molecule has 0 aromatic heterocycles. The van der Waals surface area contributed by atoms with Crippen molar-refractivity contribution < 1.29 is 9.00 Å². The fourth-order valence-corrected chi connectivity index (χ4v) is 2.22. The highest BCUT2D eigenvalue weighted by atomic mass is 32.2. The number of benzene rings is 1. The first kappa shape index (κ1) is 11.7. The molecule has 0 aliphatic rings. The summed E-state index contributed by atoms with van der Waals surface area (Å²) in [7, 11) is 0.142. The Morgan fingerprint density at radius 2 is 2.20 bits per heavy atom. The second kappa shape index (κ2) is 4.93. The summed E-state index contributed by atoms with van der Waals surface area (Å²) >= 11 is 0. The van der Waals surface area contributed by atoms with Gasteiger partial charge >= 0.3 is 0 Å². The van der Waals surface area contributed by atoms with Crippen molar-refractivity contribution in [3.63, 3.8) is 0 Å². The number of hydrogen-bond donors (Lipinski definition) is 2. The van der Waals surface area contributed by atoms with Crippen LogP contribution in [0.15, 0.2) is 23.1 Å². The number of hydrogen-bond acceptors (Lipinski definition) is 3. The summed E-state index contributed by atoms with van der Waals surface area (Å²) in [4.78, 5) is 11.5. The third-order valence-electron chi connectivity index (χ3n) is 1.95. The number of aryl methyl sites for hydroxylation is 1. The second-order valence-corrected chi connectivity index (χ2v) is 4.62. The van der Waals surface area contributed by atoms with Crippen LogP contribution in [0, 0.1) is 6.92 Å². The van der Waals surface area contributed by atoms with Gasteiger partial charge in [-0.05, 0) is 24.6 Å². The van der Waals surface area contributed by atoms with Crippen molar-refractivity contribution in [1.29, 1.82) is 0 Å². The molecule has 0 bridgehead atoms. The zero-order valence-corrected chi connectivity index (χ0v) is 9.56. The van der Waals surface area contributed by atoms with E-state index in [4.69, 9.17) is 5.73 Å². The Hall–Kier alpha value is -1.36. The molecule has 5 heteroatoms. The monoisotopic (exact) mass is 226 g/mol. The zero-order chi connectivity index (χ0) is 11.4. The summed E-state index contributed by atoms with van der Waals surface area (Å²) in [5, 5.41) is 2.42. The average Bonchev–Trinajstić information content (AvgIpc) is 2.17. The van der Waals surface area contributed by atoms with Gasteiger partial charge in [-0.1, -0.05) is 6.07 Å². The van der Waals surface area contributed by atoms with E-state index in [0.717, 1.165) is 5.56 Å². The van der Waals surface area contributed by atoms with Crippen LogP contribution in [-0.4, -0.2) is 22.9 Å². The fourth-order valence-electron chi connectivity index (χ4n) is 1.14. The lowest BCUT2D eigenvalue weighted by atomic mass is 10.2. The number of carbonyl (C=O) groups excluding carboxylic acids is 1. The first-order chi connectivity index (χ1) is 7.04. The van der Waals surface area contributed by atoms with Gasteiger partial charge < -0.3 is 11.1 Å². The summed E-state index contributed by atoms with van der Waals surface area (Å²) < 4.78 is 11.7. The quantitative estimate of drug-likeness (QED) is 0.734. The number of nitrogens with one attached hydrogen (secondary N) is 1. The third-order valence-corrected chi connectivity index (χ3v) is 3.34. The molecule has 1 aromatic carbocycles. The topological polar surface area (TPSA) is 72.2 Å². The van der Waals surface area contributed by atoms with E-state index >= 15 is 0 Å². The highest BCUT2D eigenvalue weighted by Crippen LogP contribution is 2.17. The molecule has 1 aromatic rings. The van der Waals surface area contributed by atoms with E-state index in [0.29, 0.717) is 10.6 Å². The van der Waals surface area contributed by atoms with Gasteiger partial charge in [0.05, 0.1) is 15.7 Å². The van der Waals surface area contributed by atoms with Crippen LogP contribution < -0.4 is 11.1 Å². The van der Waals surface area contributed by atoms with E-state index < -0.39 is 10.8 Å². The molecule has 1 rings (SSSR count). The summed E-state index contributed by atoms with van der Waals surface area (Å²) in [6, 6.07) is 5.27. The molecule has 0 aliphatic carbocycles. The minimum absolute atomic E-state index is 0.0518. The molecular formula is C10H14N2O2S. The van der Waals surface area contributed by atoms with Crippen molar-refractivity contribution >= 4 is 22.4 Å². The summed E-state index contributed by atoms with van der Waals surface area (Å²) in [6.07, 6.45) is 0. The smallest absolute Gasteiger partial charge is 0.232 e. The van der Waals surface area contributed by atoms with Crippen molar-refractivity contribution in [2.24, 2.45) is 0 Å². The minimum Gasteiger partial charge on any atom is -0.398 e. The molecule has 1 atom stereocenters. The highest BCUT2D eigenvalue weighted by molar-refractivity contribution is 7.86. The van der Waals surface area contributed by atoms with Gasteiger partial charge in [0.15, 0.2) is 0 Å². The van der Waals surface area contributed by atoms with E-state index in [1.807, 2.05) is 13.0 Å². The zero-order valence-electron chi connectivity index (χ0n) is 8.74. The molecule has 0 radical (unpaired) electrons. The molecule has 0 heterocycles. The lowest BCUT2D eigenvalue weighted by Gasteiger charge is -2.05. The lowest BCUT2D eigenvalue weighted by molar-refractivity contribution is -0.118. The van der Waals surface area contributed by atoms with Gasteiger partial charge in [-0.3, -0.25) is 9.00 Å². The van der Waals surface area contributed by atoms with Gasteiger partial charge in [-0.15, -0.1) is 0 Å². The van der Waals surface area contributed by atoms with Crippen molar-refractivity contribution in [2.45, 2.75) is 11.8 Å². The number of rotatable bonds is 3. The van der Waals surface area contributed by atoms with Crippen molar-refractivity contribution in [1.82, 2.24) is 5.32 Å². The van der Waals surface area contributed by atoms with Crippen molar-refractivity contribution in [3.05, 3.63) is 23.8 Å². The molecule has 82 valence electrons. The van der Waals surface area contributed by atoms with Crippen LogP contribution in [0.1, 0.15) is 5.56 Å². The van der Waals surface area contributed by atoms with E-state index in [-0.39, 0.29) is 11.7 Å². The summed E-state index contributed by atoms with van der Waals surface area (Å²) in [6.45, 7) is 1.90. The lowest BCUT2D eigenvalue weighted by Crippen LogP contribution is -2.24. The van der Waals surface area contributed by atoms with Crippen LogP contribution in [0.25, 0.3) is 0 Å². The number of amides is 1. The molecule has 3 N–H and O–H groups in total. The summed E-state index contributed by atoms with van der Waals surface area (Å²) in [5.74, 6) is -0.308.